The maximum absolute atomic E-state index is 12.2. The van der Waals surface area contributed by atoms with Gasteiger partial charge in [-0.05, 0) is 13.0 Å². The number of furan rings is 1. The number of fused-ring (bicyclic) bond motifs is 1. The lowest BCUT2D eigenvalue weighted by Crippen LogP contribution is -2.41. The number of rotatable bonds is 6. The standard InChI is InChI=1S/C16H18N2O6/c1-3-17-16(21)18-13(19)9-23-15(20)14-11(8-22-2)10-6-4-5-7-12(10)24-14/h4-7H,3,8-9H2,1-2H3,(H2,17,18,19,21). The molecule has 2 aromatic rings. The molecule has 0 fully saturated rings. The molecule has 128 valence electrons. The minimum atomic E-state index is -0.802. The largest absolute Gasteiger partial charge is 0.450 e. The van der Waals surface area contributed by atoms with Gasteiger partial charge in [0.1, 0.15) is 5.58 Å². The van der Waals surface area contributed by atoms with Gasteiger partial charge < -0.3 is 19.2 Å². The summed E-state index contributed by atoms with van der Waals surface area (Å²) >= 11 is 0. The molecule has 0 saturated carbocycles. The van der Waals surface area contributed by atoms with E-state index in [0.29, 0.717) is 17.7 Å². The first kappa shape index (κ1) is 17.5. The number of methoxy groups -OCH3 is 1. The van der Waals surface area contributed by atoms with Crippen LogP contribution in [0, 0.1) is 0 Å². The van der Waals surface area contributed by atoms with Crippen LogP contribution in [0.5, 0.6) is 0 Å². The number of esters is 1. The first-order valence-corrected chi connectivity index (χ1v) is 7.31. The van der Waals surface area contributed by atoms with E-state index in [1.807, 2.05) is 11.4 Å². The topological polar surface area (TPSA) is 107 Å². The van der Waals surface area contributed by atoms with Crippen LogP contribution in [-0.4, -0.2) is 38.2 Å². The Hall–Kier alpha value is -2.87. The van der Waals surface area contributed by atoms with E-state index >= 15 is 0 Å². The summed E-state index contributed by atoms with van der Waals surface area (Å²) < 4.78 is 15.5. The number of carbonyl (C=O) groups excluding carboxylic acids is 3. The van der Waals surface area contributed by atoms with E-state index in [2.05, 4.69) is 5.32 Å². The number of amides is 3. The number of ether oxygens (including phenoxy) is 2. The van der Waals surface area contributed by atoms with Crippen LogP contribution in [0.25, 0.3) is 11.0 Å². The highest BCUT2D eigenvalue weighted by Gasteiger charge is 2.22. The van der Waals surface area contributed by atoms with Crippen LogP contribution < -0.4 is 10.6 Å². The molecular weight excluding hydrogens is 316 g/mol. The molecule has 0 aliphatic heterocycles. The van der Waals surface area contributed by atoms with Crippen LogP contribution in [0.4, 0.5) is 4.79 Å². The molecule has 2 N–H and O–H groups in total. The van der Waals surface area contributed by atoms with E-state index in [1.54, 1.807) is 25.1 Å². The van der Waals surface area contributed by atoms with E-state index in [4.69, 9.17) is 13.9 Å². The van der Waals surface area contributed by atoms with Crippen molar-refractivity contribution in [2.24, 2.45) is 0 Å². The van der Waals surface area contributed by atoms with Crippen LogP contribution in [0.1, 0.15) is 23.0 Å². The van der Waals surface area contributed by atoms with Gasteiger partial charge in [-0.15, -0.1) is 0 Å². The molecule has 0 radical (unpaired) electrons. The van der Waals surface area contributed by atoms with Gasteiger partial charge in [0.15, 0.2) is 6.61 Å². The summed E-state index contributed by atoms with van der Waals surface area (Å²) in [7, 11) is 1.50. The number of benzene rings is 1. The van der Waals surface area contributed by atoms with E-state index in [0.717, 1.165) is 5.39 Å². The lowest BCUT2D eigenvalue weighted by molar-refractivity contribution is -0.123. The summed E-state index contributed by atoms with van der Waals surface area (Å²) in [6.07, 6.45) is 0. The van der Waals surface area contributed by atoms with Crippen molar-refractivity contribution in [2.45, 2.75) is 13.5 Å². The molecule has 0 aliphatic rings. The third-order valence-corrected chi connectivity index (χ3v) is 3.10. The third-order valence-electron chi connectivity index (χ3n) is 3.10. The molecule has 0 aliphatic carbocycles. The van der Waals surface area contributed by atoms with E-state index in [1.165, 1.54) is 7.11 Å². The molecule has 3 amide bonds. The summed E-state index contributed by atoms with van der Waals surface area (Å²) in [6, 6.07) is 6.45. The number of imide groups is 1. The summed E-state index contributed by atoms with van der Waals surface area (Å²) in [5.41, 5.74) is 1.06. The Labute approximate surface area is 138 Å². The van der Waals surface area contributed by atoms with Crippen molar-refractivity contribution in [3.05, 3.63) is 35.6 Å². The van der Waals surface area contributed by atoms with Crippen LogP contribution >= 0.6 is 0 Å². The van der Waals surface area contributed by atoms with Crippen molar-refractivity contribution in [3.63, 3.8) is 0 Å². The van der Waals surface area contributed by atoms with E-state index < -0.39 is 24.5 Å². The fourth-order valence-corrected chi connectivity index (χ4v) is 2.12. The molecule has 8 nitrogen and oxygen atoms in total. The smallest absolute Gasteiger partial charge is 0.375 e. The van der Waals surface area contributed by atoms with Gasteiger partial charge in [-0.1, -0.05) is 18.2 Å². The Morgan fingerprint density at radius 3 is 2.67 bits per heavy atom. The quantitative estimate of drug-likeness (QED) is 0.777. The molecule has 24 heavy (non-hydrogen) atoms. The SMILES string of the molecule is CCNC(=O)NC(=O)COC(=O)c1oc2ccccc2c1COC. The lowest BCUT2D eigenvalue weighted by Gasteiger charge is -2.06. The Balaban J connectivity index is 2.07. The Bertz CT molecular complexity index is 752. The fraction of sp³-hybridized carbons (Fsp3) is 0.312. The highest BCUT2D eigenvalue weighted by molar-refractivity contribution is 5.98. The summed E-state index contributed by atoms with van der Waals surface area (Å²) in [6.45, 7) is 1.65. The average molecular weight is 334 g/mol. The van der Waals surface area contributed by atoms with Crippen molar-refractivity contribution in [3.8, 4) is 0 Å². The van der Waals surface area contributed by atoms with Crippen LogP contribution in [-0.2, 0) is 20.9 Å². The van der Waals surface area contributed by atoms with Crippen molar-refractivity contribution in [1.82, 2.24) is 10.6 Å². The molecule has 2 rings (SSSR count). The second-order valence-electron chi connectivity index (χ2n) is 4.82. The molecule has 1 aromatic carbocycles. The number of urea groups is 1. The molecule has 1 heterocycles. The lowest BCUT2D eigenvalue weighted by atomic mass is 10.1. The van der Waals surface area contributed by atoms with Gasteiger partial charge in [0, 0.05) is 24.6 Å². The summed E-state index contributed by atoms with van der Waals surface area (Å²) in [5, 5.41) is 5.16. The Morgan fingerprint density at radius 2 is 1.96 bits per heavy atom. The molecule has 8 heteroatoms. The monoisotopic (exact) mass is 334 g/mol. The average Bonchev–Trinajstić information content (AvgIpc) is 2.92. The zero-order chi connectivity index (χ0) is 17.5. The highest BCUT2D eigenvalue weighted by Crippen LogP contribution is 2.27. The predicted molar refractivity (Wildman–Crippen MR) is 84.4 cm³/mol. The molecule has 0 bridgehead atoms. The second kappa shape index (κ2) is 8.11. The van der Waals surface area contributed by atoms with E-state index in [9.17, 15) is 14.4 Å². The van der Waals surface area contributed by atoms with Gasteiger partial charge in [0.2, 0.25) is 5.76 Å². The van der Waals surface area contributed by atoms with Gasteiger partial charge in [-0.25, -0.2) is 9.59 Å². The first-order valence-electron chi connectivity index (χ1n) is 7.31. The Kier molecular flexibility index (Phi) is 5.91. The third kappa shape index (κ3) is 4.11. The van der Waals surface area contributed by atoms with Crippen LogP contribution in [0.3, 0.4) is 0 Å². The zero-order valence-electron chi connectivity index (χ0n) is 13.4. The maximum atomic E-state index is 12.2. The predicted octanol–water partition coefficient (Wildman–Crippen LogP) is 1.58. The molecule has 1 aromatic heterocycles. The number of para-hydroxylation sites is 1. The van der Waals surface area contributed by atoms with Crippen molar-refractivity contribution in [2.75, 3.05) is 20.3 Å². The minimum absolute atomic E-state index is 0.0242. The van der Waals surface area contributed by atoms with Crippen LogP contribution in [0.2, 0.25) is 0 Å². The van der Waals surface area contributed by atoms with Gasteiger partial charge in [-0.2, -0.15) is 0 Å². The first-order chi connectivity index (χ1) is 11.6. The van der Waals surface area contributed by atoms with Gasteiger partial charge >= 0.3 is 12.0 Å². The van der Waals surface area contributed by atoms with Crippen LogP contribution in [0.15, 0.2) is 28.7 Å². The maximum Gasteiger partial charge on any atom is 0.375 e. The fourth-order valence-electron chi connectivity index (χ4n) is 2.12. The molecule has 0 spiro atoms. The van der Waals surface area contributed by atoms with Crippen molar-refractivity contribution >= 4 is 28.9 Å². The second-order valence-corrected chi connectivity index (χ2v) is 4.82. The van der Waals surface area contributed by atoms with Gasteiger partial charge in [-0.3, -0.25) is 10.1 Å². The zero-order valence-corrected chi connectivity index (χ0v) is 13.4. The Morgan fingerprint density at radius 1 is 1.21 bits per heavy atom. The molecular formula is C16H18N2O6. The highest BCUT2D eigenvalue weighted by atomic mass is 16.5. The summed E-state index contributed by atoms with van der Waals surface area (Å²) in [4.78, 5) is 34.9. The normalized spacial score (nSPS) is 10.4. The minimum Gasteiger partial charge on any atom is -0.450 e. The number of hydrogen-bond donors (Lipinski definition) is 2. The number of nitrogens with one attached hydrogen (secondary N) is 2. The number of hydrogen-bond acceptors (Lipinski definition) is 6. The molecule has 0 saturated heterocycles. The molecule has 0 unspecified atom stereocenters. The van der Waals surface area contributed by atoms with E-state index in [-0.39, 0.29) is 12.4 Å². The van der Waals surface area contributed by atoms with Gasteiger partial charge in [0.05, 0.1) is 6.61 Å². The molecule has 0 atom stereocenters. The summed E-state index contributed by atoms with van der Waals surface area (Å²) in [5.74, 6) is -1.56. The van der Waals surface area contributed by atoms with Crippen molar-refractivity contribution in [1.29, 1.82) is 0 Å². The van der Waals surface area contributed by atoms with Crippen molar-refractivity contribution < 1.29 is 28.3 Å². The van der Waals surface area contributed by atoms with Gasteiger partial charge in [0.25, 0.3) is 5.91 Å². The number of carbonyl (C=O) groups is 3.